The fourth-order valence-corrected chi connectivity index (χ4v) is 4.36. The molecule has 1 unspecified atom stereocenters. The Kier molecular flexibility index (Phi) is 6.95. The van der Waals surface area contributed by atoms with Gasteiger partial charge in [0.2, 0.25) is 11.7 Å². The predicted octanol–water partition coefficient (Wildman–Crippen LogP) is 5.15. The number of benzene rings is 1. The first-order valence-electron chi connectivity index (χ1n) is 10.2. The van der Waals surface area contributed by atoms with E-state index >= 15 is 4.39 Å². The number of rotatable bonds is 7. The lowest BCUT2D eigenvalue weighted by Gasteiger charge is -2.40. The van der Waals surface area contributed by atoms with Gasteiger partial charge in [-0.1, -0.05) is 48.9 Å². The molecular weight excluding hydrogens is 375 g/mol. The summed E-state index contributed by atoms with van der Waals surface area (Å²) in [6.07, 6.45) is 12.0. The highest BCUT2D eigenvalue weighted by molar-refractivity contribution is 6.20. The average molecular weight is 405 g/mol. The first kappa shape index (κ1) is 21.1. The van der Waals surface area contributed by atoms with Crippen molar-refractivity contribution in [1.82, 2.24) is 10.2 Å². The van der Waals surface area contributed by atoms with Crippen molar-refractivity contribution < 1.29 is 9.18 Å². The Labute approximate surface area is 172 Å². The molecule has 0 aromatic heterocycles. The van der Waals surface area contributed by atoms with Gasteiger partial charge in [0.25, 0.3) is 0 Å². The standard InChI is InChI=1S/C23H30ClFN2O/c1-26-21(28)18-22(11-10-20(24)19-8-4-2-5-9-19)12-14-23(25,15-13-22)27-16-6-3-7-17-27/h2,4-5,8-9,12-15,20H,3,6-7,10-11,16-18H2,1H3,(H,26,28). The number of amides is 1. The zero-order valence-corrected chi connectivity index (χ0v) is 17.3. The van der Waals surface area contributed by atoms with Crippen LogP contribution < -0.4 is 5.32 Å². The number of piperidine rings is 1. The fourth-order valence-electron chi connectivity index (χ4n) is 4.11. The van der Waals surface area contributed by atoms with Crippen LogP contribution in [-0.2, 0) is 4.79 Å². The van der Waals surface area contributed by atoms with Gasteiger partial charge in [-0.25, -0.2) is 4.39 Å². The van der Waals surface area contributed by atoms with Gasteiger partial charge >= 0.3 is 0 Å². The number of allylic oxidation sites excluding steroid dienone is 2. The average Bonchev–Trinajstić information content (AvgIpc) is 2.75. The molecule has 1 heterocycles. The van der Waals surface area contributed by atoms with Crippen LogP contribution in [0.15, 0.2) is 54.6 Å². The lowest BCUT2D eigenvalue weighted by atomic mass is 9.75. The Morgan fingerprint density at radius 1 is 1.14 bits per heavy atom. The van der Waals surface area contributed by atoms with Gasteiger partial charge in [0.05, 0.1) is 5.38 Å². The van der Waals surface area contributed by atoms with Gasteiger partial charge in [0, 0.05) is 32.0 Å². The molecule has 1 aliphatic heterocycles. The van der Waals surface area contributed by atoms with Crippen LogP contribution in [0.2, 0.25) is 0 Å². The Morgan fingerprint density at radius 3 is 2.39 bits per heavy atom. The molecule has 1 fully saturated rings. The molecule has 28 heavy (non-hydrogen) atoms. The van der Waals surface area contributed by atoms with E-state index in [0.29, 0.717) is 19.3 Å². The van der Waals surface area contributed by atoms with Gasteiger partial charge in [-0.15, -0.1) is 11.6 Å². The van der Waals surface area contributed by atoms with Crippen LogP contribution in [-0.4, -0.2) is 36.7 Å². The van der Waals surface area contributed by atoms with E-state index in [1.807, 2.05) is 47.4 Å². The minimum absolute atomic E-state index is 0.0514. The first-order valence-corrected chi connectivity index (χ1v) is 10.6. The van der Waals surface area contributed by atoms with Crippen molar-refractivity contribution in [1.29, 1.82) is 0 Å². The monoisotopic (exact) mass is 404 g/mol. The Bertz CT molecular complexity index is 699. The molecule has 1 aliphatic carbocycles. The SMILES string of the molecule is CNC(=O)CC1(CCC(Cl)c2ccccc2)C=CC(F)(N2CCCCC2)C=C1. The van der Waals surface area contributed by atoms with Crippen LogP contribution in [0.5, 0.6) is 0 Å². The van der Waals surface area contributed by atoms with Gasteiger partial charge in [0.1, 0.15) is 0 Å². The molecule has 0 spiro atoms. The van der Waals surface area contributed by atoms with E-state index in [2.05, 4.69) is 5.32 Å². The normalized spacial score (nSPS) is 28.8. The van der Waals surface area contributed by atoms with E-state index in [1.54, 1.807) is 19.2 Å². The first-order chi connectivity index (χ1) is 13.5. The van der Waals surface area contributed by atoms with E-state index in [1.165, 1.54) is 0 Å². The number of nitrogens with one attached hydrogen (secondary N) is 1. The van der Waals surface area contributed by atoms with E-state index < -0.39 is 11.2 Å². The highest BCUT2D eigenvalue weighted by atomic mass is 35.5. The molecule has 1 aromatic rings. The summed E-state index contributed by atoms with van der Waals surface area (Å²) in [7, 11) is 1.63. The van der Waals surface area contributed by atoms with Gasteiger partial charge in [-0.05, 0) is 43.4 Å². The molecular formula is C23H30ClFN2O. The number of carbonyl (C=O) groups excluding carboxylic acids is 1. The largest absolute Gasteiger partial charge is 0.359 e. The van der Waals surface area contributed by atoms with E-state index in [0.717, 1.165) is 37.9 Å². The molecule has 3 rings (SSSR count). The Morgan fingerprint density at radius 2 is 1.79 bits per heavy atom. The van der Waals surface area contributed by atoms with Crippen molar-refractivity contribution in [3.05, 3.63) is 60.2 Å². The highest BCUT2D eigenvalue weighted by Crippen LogP contribution is 2.42. The maximum absolute atomic E-state index is 15.5. The van der Waals surface area contributed by atoms with Crippen molar-refractivity contribution >= 4 is 17.5 Å². The second-order valence-electron chi connectivity index (χ2n) is 7.94. The number of nitrogens with zero attached hydrogens (tertiary/aromatic N) is 1. The lowest BCUT2D eigenvalue weighted by molar-refractivity contribution is -0.122. The van der Waals surface area contributed by atoms with Crippen molar-refractivity contribution in [2.75, 3.05) is 20.1 Å². The molecule has 0 bridgehead atoms. The van der Waals surface area contributed by atoms with Crippen LogP contribution in [0, 0.1) is 5.41 Å². The summed E-state index contributed by atoms with van der Waals surface area (Å²) in [5, 5.41) is 2.56. The molecule has 5 heteroatoms. The molecule has 3 nitrogen and oxygen atoms in total. The molecule has 0 radical (unpaired) electrons. The number of hydrogen-bond acceptors (Lipinski definition) is 2. The van der Waals surface area contributed by atoms with Crippen molar-refractivity contribution in [2.45, 2.75) is 49.7 Å². The number of halogens is 2. The molecule has 1 N–H and O–H groups in total. The van der Waals surface area contributed by atoms with Crippen molar-refractivity contribution in [3.63, 3.8) is 0 Å². The summed E-state index contributed by atoms with van der Waals surface area (Å²) in [6, 6.07) is 9.94. The minimum Gasteiger partial charge on any atom is -0.359 e. The topological polar surface area (TPSA) is 32.3 Å². The van der Waals surface area contributed by atoms with Gasteiger partial charge in [-0.3, -0.25) is 9.69 Å². The minimum atomic E-state index is -1.55. The Balaban J connectivity index is 1.73. The van der Waals surface area contributed by atoms with E-state index in [-0.39, 0.29) is 11.3 Å². The van der Waals surface area contributed by atoms with Crippen LogP contribution in [0.3, 0.4) is 0 Å². The maximum Gasteiger partial charge on any atom is 0.220 e. The third-order valence-electron chi connectivity index (χ3n) is 5.93. The smallest absolute Gasteiger partial charge is 0.220 e. The molecule has 0 saturated carbocycles. The molecule has 1 aromatic carbocycles. The zero-order chi connectivity index (χ0) is 20.0. The second-order valence-corrected chi connectivity index (χ2v) is 8.47. The third-order valence-corrected chi connectivity index (χ3v) is 6.40. The predicted molar refractivity (Wildman–Crippen MR) is 113 cm³/mol. The quantitative estimate of drug-likeness (QED) is 0.387. The maximum atomic E-state index is 15.5. The summed E-state index contributed by atoms with van der Waals surface area (Å²) in [4.78, 5) is 14.0. The summed E-state index contributed by atoms with van der Waals surface area (Å²) < 4.78 is 15.5. The van der Waals surface area contributed by atoms with Crippen LogP contribution in [0.25, 0.3) is 0 Å². The van der Waals surface area contributed by atoms with Gasteiger partial charge in [0.15, 0.2) is 0 Å². The molecule has 152 valence electrons. The number of likely N-dealkylation sites (tertiary alicyclic amines) is 1. The third kappa shape index (κ3) is 5.03. The molecule has 1 amide bonds. The lowest BCUT2D eigenvalue weighted by Crippen LogP contribution is -2.47. The highest BCUT2D eigenvalue weighted by Gasteiger charge is 2.39. The summed E-state index contributed by atoms with van der Waals surface area (Å²) in [5.41, 5.74) is 0.559. The fraction of sp³-hybridized carbons (Fsp3) is 0.522. The zero-order valence-electron chi connectivity index (χ0n) is 16.5. The summed E-state index contributed by atoms with van der Waals surface area (Å²) in [6.45, 7) is 1.54. The van der Waals surface area contributed by atoms with Crippen LogP contribution >= 0.6 is 11.6 Å². The number of hydrogen-bond donors (Lipinski definition) is 1. The van der Waals surface area contributed by atoms with Crippen molar-refractivity contribution in [3.8, 4) is 0 Å². The second kappa shape index (κ2) is 9.23. The van der Waals surface area contributed by atoms with E-state index in [4.69, 9.17) is 11.6 Å². The summed E-state index contributed by atoms with van der Waals surface area (Å²) >= 11 is 6.60. The Hall–Kier alpha value is -1.65. The molecule has 2 aliphatic rings. The van der Waals surface area contributed by atoms with Gasteiger partial charge < -0.3 is 5.32 Å². The van der Waals surface area contributed by atoms with E-state index in [9.17, 15) is 4.79 Å². The van der Waals surface area contributed by atoms with Crippen molar-refractivity contribution in [2.24, 2.45) is 5.41 Å². The number of carbonyl (C=O) groups is 1. The molecule has 1 atom stereocenters. The summed E-state index contributed by atoms with van der Waals surface area (Å²) in [5.74, 6) is -1.60. The van der Waals surface area contributed by atoms with Crippen LogP contribution in [0.4, 0.5) is 4.39 Å². The van der Waals surface area contributed by atoms with Gasteiger partial charge in [-0.2, -0.15) is 0 Å². The molecule has 1 saturated heterocycles. The van der Waals surface area contributed by atoms with Crippen LogP contribution in [0.1, 0.15) is 49.5 Å². The number of alkyl halides is 2.